The summed E-state index contributed by atoms with van der Waals surface area (Å²) in [5.74, 6) is 0.895. The average Bonchev–Trinajstić information content (AvgIpc) is 3.61. The minimum Gasteiger partial charge on any atom is -0.378 e. The van der Waals surface area contributed by atoms with Crippen molar-refractivity contribution in [1.29, 1.82) is 0 Å². The van der Waals surface area contributed by atoms with Gasteiger partial charge in [-0.3, -0.25) is 4.90 Å². The number of hydrogen-bond acceptors (Lipinski definition) is 8. The van der Waals surface area contributed by atoms with Gasteiger partial charge in [-0.2, -0.15) is 0 Å². The molecular formula is C29H32N8S. The lowest BCUT2D eigenvalue weighted by atomic mass is 10.0. The first-order valence-electron chi connectivity index (χ1n) is 13.1. The summed E-state index contributed by atoms with van der Waals surface area (Å²) >= 11 is 1.77. The molecule has 1 fully saturated rings. The molecule has 0 amide bonds. The normalized spacial score (nSPS) is 15.2. The first-order chi connectivity index (χ1) is 18.7. The summed E-state index contributed by atoms with van der Waals surface area (Å²) in [5, 5.41) is 14.2. The molecule has 1 aliphatic heterocycles. The van der Waals surface area contributed by atoms with E-state index >= 15 is 0 Å². The molecule has 1 atom stereocenters. The quantitative estimate of drug-likeness (QED) is 0.296. The van der Waals surface area contributed by atoms with Crippen molar-refractivity contribution in [2.75, 3.05) is 50.1 Å². The van der Waals surface area contributed by atoms with Crippen LogP contribution in [0.15, 0.2) is 78.9 Å². The molecule has 3 aromatic carbocycles. The van der Waals surface area contributed by atoms with Crippen LogP contribution in [0.1, 0.15) is 23.0 Å². The molecule has 8 nitrogen and oxygen atoms in total. The Bertz CT molecular complexity index is 1440. The Morgan fingerprint density at radius 3 is 2.34 bits per heavy atom. The molecule has 0 spiro atoms. The molecule has 0 radical (unpaired) electrons. The number of para-hydroxylation sites is 1. The maximum absolute atomic E-state index is 4.89. The molecule has 0 bridgehead atoms. The van der Waals surface area contributed by atoms with Crippen LogP contribution in [0.3, 0.4) is 0 Å². The van der Waals surface area contributed by atoms with E-state index in [4.69, 9.17) is 4.98 Å². The van der Waals surface area contributed by atoms with Crippen molar-refractivity contribution in [3.05, 3.63) is 95.8 Å². The lowest BCUT2D eigenvalue weighted by molar-refractivity contribution is 0.200. The van der Waals surface area contributed by atoms with Crippen LogP contribution < -0.4 is 9.80 Å². The molecule has 9 heteroatoms. The zero-order valence-corrected chi connectivity index (χ0v) is 22.6. The summed E-state index contributed by atoms with van der Waals surface area (Å²) in [4.78, 5) is 11.9. The predicted molar refractivity (Wildman–Crippen MR) is 154 cm³/mol. The van der Waals surface area contributed by atoms with Crippen LogP contribution in [0, 0.1) is 0 Å². The summed E-state index contributed by atoms with van der Waals surface area (Å²) in [7, 11) is 4.13. The van der Waals surface area contributed by atoms with E-state index < -0.39 is 0 Å². The van der Waals surface area contributed by atoms with Crippen molar-refractivity contribution in [2.24, 2.45) is 0 Å². The molecule has 6 rings (SSSR count). The van der Waals surface area contributed by atoms with E-state index in [1.807, 2.05) is 10.7 Å². The molecule has 5 aromatic rings. The number of benzene rings is 3. The molecule has 0 aliphatic carbocycles. The third-order valence-corrected chi connectivity index (χ3v) is 8.31. The van der Waals surface area contributed by atoms with Crippen molar-refractivity contribution in [1.82, 2.24) is 30.1 Å². The number of tetrazole rings is 1. The number of aryl methyl sites for hydroxylation is 2. The molecule has 1 aliphatic rings. The van der Waals surface area contributed by atoms with Crippen LogP contribution >= 0.6 is 11.3 Å². The summed E-state index contributed by atoms with van der Waals surface area (Å²) in [6, 6.07) is 27.7. The highest BCUT2D eigenvalue weighted by atomic mass is 32.1. The molecule has 1 saturated heterocycles. The van der Waals surface area contributed by atoms with Gasteiger partial charge in [0.2, 0.25) is 0 Å². The van der Waals surface area contributed by atoms with E-state index in [-0.39, 0.29) is 6.04 Å². The Morgan fingerprint density at radius 2 is 1.61 bits per heavy atom. The van der Waals surface area contributed by atoms with E-state index in [1.54, 1.807) is 11.3 Å². The number of hydrogen-bond donors (Lipinski definition) is 0. The smallest absolute Gasteiger partial charge is 0.186 e. The summed E-state index contributed by atoms with van der Waals surface area (Å²) in [6.07, 6.45) is 0.885. The number of anilines is 2. The minimum atomic E-state index is -0.0190. The van der Waals surface area contributed by atoms with Gasteiger partial charge in [0.25, 0.3) is 0 Å². The van der Waals surface area contributed by atoms with Gasteiger partial charge in [0.15, 0.2) is 11.0 Å². The highest BCUT2D eigenvalue weighted by Crippen LogP contribution is 2.33. The van der Waals surface area contributed by atoms with Crippen molar-refractivity contribution in [3.8, 4) is 0 Å². The molecule has 0 saturated carbocycles. The van der Waals surface area contributed by atoms with Crippen LogP contribution in [-0.4, -0.2) is 70.4 Å². The lowest BCUT2D eigenvalue weighted by Gasteiger charge is -2.39. The van der Waals surface area contributed by atoms with Crippen molar-refractivity contribution in [3.63, 3.8) is 0 Å². The number of piperazine rings is 1. The van der Waals surface area contributed by atoms with Gasteiger partial charge in [-0.1, -0.05) is 65.9 Å². The second kappa shape index (κ2) is 10.9. The fraction of sp³-hybridized carbons (Fsp3) is 0.310. The zero-order chi connectivity index (χ0) is 25.9. The highest BCUT2D eigenvalue weighted by molar-refractivity contribution is 7.22. The van der Waals surface area contributed by atoms with Gasteiger partial charge in [-0.15, -0.1) is 5.10 Å². The van der Waals surface area contributed by atoms with E-state index in [0.717, 1.165) is 55.6 Å². The van der Waals surface area contributed by atoms with E-state index in [0.29, 0.717) is 0 Å². The molecule has 0 N–H and O–H groups in total. The Balaban J connectivity index is 1.25. The molecular weight excluding hydrogens is 492 g/mol. The first-order valence-corrected chi connectivity index (χ1v) is 13.9. The van der Waals surface area contributed by atoms with E-state index in [1.165, 1.54) is 21.5 Å². The summed E-state index contributed by atoms with van der Waals surface area (Å²) in [5.41, 5.74) is 4.74. The largest absolute Gasteiger partial charge is 0.378 e. The second-order valence-corrected chi connectivity index (χ2v) is 10.9. The maximum atomic E-state index is 4.89. The number of thiazole rings is 1. The number of fused-ring (bicyclic) bond motifs is 1. The minimum absolute atomic E-state index is 0.0190. The first kappa shape index (κ1) is 24.5. The van der Waals surface area contributed by atoms with Gasteiger partial charge >= 0.3 is 0 Å². The SMILES string of the molecule is CN(C)c1ccc(C(c2nnnn2CCc2ccccc2)N2CCN(c3nc4ccccc4s3)CC2)cc1. The topological polar surface area (TPSA) is 66.2 Å². The third kappa shape index (κ3) is 5.12. The van der Waals surface area contributed by atoms with Gasteiger partial charge in [0.05, 0.1) is 16.3 Å². The molecule has 2 aromatic heterocycles. The van der Waals surface area contributed by atoms with Crippen LogP contribution in [0.4, 0.5) is 10.8 Å². The predicted octanol–water partition coefficient (Wildman–Crippen LogP) is 4.50. The number of nitrogens with zero attached hydrogens (tertiary/aromatic N) is 8. The van der Waals surface area contributed by atoms with Crippen LogP contribution in [-0.2, 0) is 13.0 Å². The van der Waals surface area contributed by atoms with Gasteiger partial charge in [-0.25, -0.2) is 9.67 Å². The van der Waals surface area contributed by atoms with E-state index in [9.17, 15) is 0 Å². The molecule has 194 valence electrons. The molecule has 38 heavy (non-hydrogen) atoms. The van der Waals surface area contributed by atoms with Crippen molar-refractivity contribution in [2.45, 2.75) is 19.0 Å². The monoisotopic (exact) mass is 524 g/mol. The number of rotatable bonds is 8. The fourth-order valence-corrected chi connectivity index (χ4v) is 6.11. The van der Waals surface area contributed by atoms with Crippen molar-refractivity contribution < 1.29 is 0 Å². The highest BCUT2D eigenvalue weighted by Gasteiger charge is 2.31. The fourth-order valence-electron chi connectivity index (χ4n) is 5.09. The summed E-state index contributed by atoms with van der Waals surface area (Å²) in [6.45, 7) is 4.38. The maximum Gasteiger partial charge on any atom is 0.186 e. The lowest BCUT2D eigenvalue weighted by Crippen LogP contribution is -2.48. The van der Waals surface area contributed by atoms with Crippen LogP contribution in [0.25, 0.3) is 10.2 Å². The van der Waals surface area contributed by atoms with E-state index in [2.05, 4.69) is 117 Å². The van der Waals surface area contributed by atoms with Gasteiger partial charge < -0.3 is 9.80 Å². The van der Waals surface area contributed by atoms with Gasteiger partial charge in [-0.05, 0) is 52.2 Å². The Morgan fingerprint density at radius 1 is 0.868 bits per heavy atom. The van der Waals surface area contributed by atoms with Crippen molar-refractivity contribution >= 4 is 32.4 Å². The molecule has 3 heterocycles. The Kier molecular flexibility index (Phi) is 7.02. The second-order valence-electron chi connectivity index (χ2n) is 9.87. The van der Waals surface area contributed by atoms with Gasteiger partial charge in [0.1, 0.15) is 0 Å². The van der Waals surface area contributed by atoms with Crippen LogP contribution in [0.2, 0.25) is 0 Å². The number of aromatic nitrogens is 5. The third-order valence-electron chi connectivity index (χ3n) is 7.22. The standard InChI is InChI=1S/C29H32N8S/c1-34(2)24-14-12-23(13-15-24)27(28-31-32-33-37(28)17-16-22-8-4-3-5-9-22)35-18-20-36(21-19-35)29-30-25-10-6-7-11-26(25)38-29/h3-15,27H,16-21H2,1-2H3. The molecule has 1 unspecified atom stereocenters. The average molecular weight is 525 g/mol. The zero-order valence-electron chi connectivity index (χ0n) is 21.8. The van der Waals surface area contributed by atoms with Gasteiger partial charge in [0, 0.05) is 52.5 Å². The summed E-state index contributed by atoms with van der Waals surface area (Å²) < 4.78 is 3.22. The Labute approximate surface area is 227 Å². The Hall–Kier alpha value is -3.82. The van der Waals surface area contributed by atoms with Crippen LogP contribution in [0.5, 0.6) is 0 Å².